The van der Waals surface area contributed by atoms with E-state index in [1.54, 1.807) is 7.11 Å². The molecule has 3 heteroatoms. The fourth-order valence-electron chi connectivity index (χ4n) is 2.62. The molecule has 0 fully saturated rings. The van der Waals surface area contributed by atoms with Crippen LogP contribution in [-0.4, -0.2) is 17.9 Å². The summed E-state index contributed by atoms with van der Waals surface area (Å²) >= 11 is 0. The molecule has 0 radical (unpaired) electrons. The Morgan fingerprint density at radius 3 is 2.84 bits per heavy atom. The van der Waals surface area contributed by atoms with Gasteiger partial charge in [-0.05, 0) is 18.1 Å². The maximum atomic E-state index is 12.3. The van der Waals surface area contributed by atoms with Gasteiger partial charge in [0.2, 0.25) is 5.88 Å². The van der Waals surface area contributed by atoms with Gasteiger partial charge in [0.1, 0.15) is 0 Å². The van der Waals surface area contributed by atoms with Crippen LogP contribution in [0, 0.1) is 5.92 Å². The molecule has 3 rings (SSSR count). The van der Waals surface area contributed by atoms with Crippen LogP contribution in [0.5, 0.6) is 5.88 Å². The number of benzene rings is 1. The Morgan fingerprint density at radius 2 is 2.05 bits per heavy atom. The quantitative estimate of drug-likeness (QED) is 0.844. The van der Waals surface area contributed by atoms with Gasteiger partial charge in [-0.15, -0.1) is 0 Å². The topological polar surface area (TPSA) is 39.2 Å². The van der Waals surface area contributed by atoms with Crippen molar-refractivity contribution in [1.82, 2.24) is 4.98 Å². The molecule has 0 aliphatic heterocycles. The first-order valence-electron chi connectivity index (χ1n) is 6.40. The molecule has 19 heavy (non-hydrogen) atoms. The van der Waals surface area contributed by atoms with Crippen LogP contribution in [0.2, 0.25) is 0 Å². The molecule has 0 bridgehead atoms. The summed E-state index contributed by atoms with van der Waals surface area (Å²) in [6, 6.07) is 13.5. The van der Waals surface area contributed by atoms with E-state index in [4.69, 9.17) is 4.74 Å². The molecule has 0 spiro atoms. The number of Topliss-reactive ketones (excluding diaryl/α,β-unsaturated/α-hetero) is 1. The van der Waals surface area contributed by atoms with Gasteiger partial charge in [0.05, 0.1) is 7.11 Å². The Balaban J connectivity index is 1.81. The molecule has 2 aromatic rings. The van der Waals surface area contributed by atoms with Crippen LogP contribution in [0.1, 0.15) is 21.6 Å². The third-order valence-corrected chi connectivity index (χ3v) is 3.57. The fraction of sp³-hybridized carbons (Fsp3) is 0.250. The number of hydrogen-bond acceptors (Lipinski definition) is 3. The van der Waals surface area contributed by atoms with Crippen molar-refractivity contribution in [3.05, 3.63) is 59.3 Å². The van der Waals surface area contributed by atoms with Crippen LogP contribution in [-0.2, 0) is 12.8 Å². The van der Waals surface area contributed by atoms with Gasteiger partial charge in [0, 0.05) is 29.7 Å². The van der Waals surface area contributed by atoms with Gasteiger partial charge >= 0.3 is 0 Å². The number of nitrogens with zero attached hydrogens (tertiary/aromatic N) is 1. The average Bonchev–Trinajstić information content (AvgIpc) is 2.76. The summed E-state index contributed by atoms with van der Waals surface area (Å²) < 4.78 is 5.11. The summed E-state index contributed by atoms with van der Waals surface area (Å²) in [7, 11) is 1.60. The van der Waals surface area contributed by atoms with Crippen LogP contribution < -0.4 is 4.74 Å². The largest absolute Gasteiger partial charge is 0.481 e. The van der Waals surface area contributed by atoms with E-state index in [-0.39, 0.29) is 11.7 Å². The molecule has 1 aromatic heterocycles. The Hall–Kier alpha value is -2.16. The molecule has 96 valence electrons. The zero-order valence-corrected chi connectivity index (χ0v) is 10.8. The van der Waals surface area contributed by atoms with Crippen LogP contribution in [0.15, 0.2) is 42.5 Å². The molecular weight excluding hydrogens is 238 g/mol. The van der Waals surface area contributed by atoms with Crippen LogP contribution >= 0.6 is 0 Å². The van der Waals surface area contributed by atoms with E-state index in [2.05, 4.69) is 4.98 Å². The van der Waals surface area contributed by atoms with E-state index in [9.17, 15) is 4.79 Å². The maximum Gasteiger partial charge on any atom is 0.213 e. The monoisotopic (exact) mass is 253 g/mol. The molecule has 0 saturated heterocycles. The lowest BCUT2D eigenvalue weighted by Gasteiger charge is -2.08. The SMILES string of the molecule is COc1cccc(CC2Cc3ccccc3C2=O)n1. The third-order valence-electron chi connectivity index (χ3n) is 3.57. The summed E-state index contributed by atoms with van der Waals surface area (Å²) in [6.45, 7) is 0. The minimum atomic E-state index is 0.0111. The van der Waals surface area contributed by atoms with Crippen molar-refractivity contribution < 1.29 is 9.53 Å². The van der Waals surface area contributed by atoms with Gasteiger partial charge in [-0.3, -0.25) is 4.79 Å². The molecule has 1 unspecified atom stereocenters. The highest BCUT2D eigenvalue weighted by atomic mass is 16.5. The van der Waals surface area contributed by atoms with E-state index in [1.165, 1.54) is 0 Å². The van der Waals surface area contributed by atoms with Gasteiger partial charge in [-0.25, -0.2) is 4.98 Å². The zero-order valence-electron chi connectivity index (χ0n) is 10.8. The minimum Gasteiger partial charge on any atom is -0.481 e. The smallest absolute Gasteiger partial charge is 0.213 e. The van der Waals surface area contributed by atoms with Crippen LogP contribution in [0.4, 0.5) is 0 Å². The number of carbonyl (C=O) groups excluding carboxylic acids is 1. The predicted octanol–water partition coefficient (Wildman–Crippen LogP) is 2.69. The predicted molar refractivity (Wildman–Crippen MR) is 72.5 cm³/mol. The van der Waals surface area contributed by atoms with E-state index in [0.29, 0.717) is 12.3 Å². The fourth-order valence-corrected chi connectivity index (χ4v) is 2.62. The minimum absolute atomic E-state index is 0.0111. The van der Waals surface area contributed by atoms with Crippen molar-refractivity contribution in [2.45, 2.75) is 12.8 Å². The first-order valence-corrected chi connectivity index (χ1v) is 6.40. The Morgan fingerprint density at radius 1 is 1.21 bits per heavy atom. The molecule has 1 aromatic carbocycles. The van der Waals surface area contributed by atoms with Crippen molar-refractivity contribution in [1.29, 1.82) is 0 Å². The Labute approximate surface area is 112 Å². The molecule has 0 saturated carbocycles. The molecule has 1 atom stereocenters. The summed E-state index contributed by atoms with van der Waals surface area (Å²) in [4.78, 5) is 16.7. The molecule has 1 aliphatic rings. The second-order valence-electron chi connectivity index (χ2n) is 4.80. The number of aromatic nitrogens is 1. The lowest BCUT2D eigenvalue weighted by Crippen LogP contribution is -2.13. The lowest BCUT2D eigenvalue weighted by molar-refractivity contribution is 0.0935. The second kappa shape index (κ2) is 4.84. The standard InChI is InChI=1S/C16H15NO2/c1-19-15-8-4-6-13(17-15)10-12-9-11-5-2-3-7-14(11)16(12)18/h2-8,12H,9-10H2,1H3. The van der Waals surface area contributed by atoms with E-state index >= 15 is 0 Å². The molecule has 1 aliphatic carbocycles. The van der Waals surface area contributed by atoms with Crippen molar-refractivity contribution in [3.63, 3.8) is 0 Å². The normalized spacial score (nSPS) is 17.3. The Kier molecular flexibility index (Phi) is 3.03. The molecule has 0 N–H and O–H groups in total. The summed E-state index contributed by atoms with van der Waals surface area (Å²) in [5, 5.41) is 0. The molecule has 0 amide bonds. The lowest BCUT2D eigenvalue weighted by atomic mass is 9.99. The van der Waals surface area contributed by atoms with Gasteiger partial charge in [0.25, 0.3) is 0 Å². The number of fused-ring (bicyclic) bond motifs is 1. The molecule has 3 nitrogen and oxygen atoms in total. The number of hydrogen-bond donors (Lipinski definition) is 0. The highest BCUT2D eigenvalue weighted by Gasteiger charge is 2.30. The van der Waals surface area contributed by atoms with Gasteiger partial charge < -0.3 is 4.74 Å². The maximum absolute atomic E-state index is 12.3. The Bertz CT molecular complexity index is 622. The van der Waals surface area contributed by atoms with Crippen LogP contribution in [0.3, 0.4) is 0 Å². The number of pyridine rings is 1. The first kappa shape index (κ1) is 11.9. The number of ketones is 1. The number of ether oxygens (including phenoxy) is 1. The van der Waals surface area contributed by atoms with Crippen molar-refractivity contribution in [2.24, 2.45) is 5.92 Å². The van der Waals surface area contributed by atoms with E-state index < -0.39 is 0 Å². The highest BCUT2D eigenvalue weighted by molar-refractivity contribution is 6.02. The third kappa shape index (κ3) is 2.24. The second-order valence-corrected chi connectivity index (χ2v) is 4.80. The highest BCUT2D eigenvalue weighted by Crippen LogP contribution is 2.28. The summed E-state index contributed by atoms with van der Waals surface area (Å²) in [5.41, 5.74) is 2.93. The van der Waals surface area contributed by atoms with Crippen molar-refractivity contribution in [3.8, 4) is 5.88 Å². The first-order chi connectivity index (χ1) is 9.28. The summed E-state index contributed by atoms with van der Waals surface area (Å²) in [6.07, 6.45) is 1.48. The van der Waals surface area contributed by atoms with Crippen molar-refractivity contribution in [2.75, 3.05) is 7.11 Å². The number of carbonyl (C=O) groups is 1. The van der Waals surface area contributed by atoms with Gasteiger partial charge in [0.15, 0.2) is 5.78 Å². The summed E-state index contributed by atoms with van der Waals surface area (Å²) in [5.74, 6) is 0.845. The van der Waals surface area contributed by atoms with E-state index in [0.717, 1.165) is 23.2 Å². The van der Waals surface area contributed by atoms with Gasteiger partial charge in [-0.1, -0.05) is 30.3 Å². The van der Waals surface area contributed by atoms with Crippen molar-refractivity contribution >= 4 is 5.78 Å². The molecule has 1 heterocycles. The number of rotatable bonds is 3. The van der Waals surface area contributed by atoms with Gasteiger partial charge in [-0.2, -0.15) is 0 Å². The molecular formula is C16H15NO2. The van der Waals surface area contributed by atoms with Crippen LogP contribution in [0.25, 0.3) is 0 Å². The zero-order chi connectivity index (χ0) is 13.2. The number of methoxy groups -OCH3 is 1. The van der Waals surface area contributed by atoms with E-state index in [1.807, 2.05) is 42.5 Å². The average molecular weight is 253 g/mol.